The average Bonchev–Trinajstić information content (AvgIpc) is 2.90. The Bertz CT molecular complexity index is 944. The summed E-state index contributed by atoms with van der Waals surface area (Å²) in [5, 5.41) is 11.2. The largest absolute Gasteiger partial charge is 0.493 e. The lowest BCUT2D eigenvalue weighted by atomic mass is 9.93. The molecule has 2 aromatic carbocycles. The first-order chi connectivity index (χ1) is 18.1. The third-order valence-electron chi connectivity index (χ3n) is 6.49. The smallest absolute Gasteiger partial charge is 0.161 e. The van der Waals surface area contributed by atoms with Crippen molar-refractivity contribution in [1.29, 1.82) is 0 Å². The van der Waals surface area contributed by atoms with Crippen molar-refractivity contribution in [3.8, 4) is 28.7 Å². The van der Waals surface area contributed by atoms with Crippen LogP contribution in [0.2, 0.25) is 0 Å². The van der Waals surface area contributed by atoms with Gasteiger partial charge in [-0.15, -0.1) is 0 Å². The summed E-state index contributed by atoms with van der Waals surface area (Å²) in [6.07, 6.45) is 7.35. The number of aliphatic hydroxyl groups excluding tert-OH is 1. The minimum Gasteiger partial charge on any atom is -0.493 e. The van der Waals surface area contributed by atoms with Gasteiger partial charge in [-0.3, -0.25) is 0 Å². The summed E-state index contributed by atoms with van der Waals surface area (Å²) in [5.74, 6) is 3.60. The van der Waals surface area contributed by atoms with Crippen molar-refractivity contribution in [3.63, 3.8) is 0 Å². The molecular weight excluding hydrogens is 468 g/mol. The van der Waals surface area contributed by atoms with Gasteiger partial charge in [0.05, 0.1) is 32.5 Å². The van der Waals surface area contributed by atoms with E-state index in [0.717, 1.165) is 79.7 Å². The molecule has 0 unspecified atom stereocenters. The molecule has 0 saturated carbocycles. The lowest BCUT2D eigenvalue weighted by Crippen LogP contribution is -2.30. The molecule has 0 aromatic heterocycles. The first-order valence-corrected chi connectivity index (χ1v) is 14.3. The predicted octanol–water partition coefficient (Wildman–Crippen LogP) is 7.44. The Kier molecular flexibility index (Phi) is 12.2. The molecule has 1 N–H and O–H groups in total. The Morgan fingerprint density at radius 2 is 1.27 bits per heavy atom. The fraction of sp³-hybridized carbons (Fsp3) is 0.613. The molecule has 2 aromatic rings. The van der Waals surface area contributed by atoms with Gasteiger partial charge in [-0.1, -0.05) is 59.4 Å². The number of aliphatic hydroxyl groups is 1. The SMILES string of the molecule is CCCCOc1cc(OCCCC)c2c(c1)O[C@@H](c1ccc(OCCCC)c(OCCCC)c1)[C@H](O)C2. The summed E-state index contributed by atoms with van der Waals surface area (Å²) in [7, 11) is 0. The summed E-state index contributed by atoms with van der Waals surface area (Å²) < 4.78 is 30.6. The van der Waals surface area contributed by atoms with Crippen LogP contribution in [0.5, 0.6) is 28.7 Å². The first kappa shape index (κ1) is 29.0. The topological polar surface area (TPSA) is 66.4 Å². The van der Waals surface area contributed by atoms with Crippen molar-refractivity contribution in [2.24, 2.45) is 0 Å². The van der Waals surface area contributed by atoms with Gasteiger partial charge in [0, 0.05) is 24.1 Å². The Balaban J connectivity index is 1.87. The number of rotatable bonds is 17. The molecule has 0 amide bonds. The maximum Gasteiger partial charge on any atom is 0.161 e. The zero-order chi connectivity index (χ0) is 26.5. The molecule has 3 rings (SSSR count). The van der Waals surface area contributed by atoms with Gasteiger partial charge in [-0.2, -0.15) is 0 Å². The second-order valence-corrected chi connectivity index (χ2v) is 9.72. The Labute approximate surface area is 223 Å². The standard InChI is InChI=1S/C31H46O6/c1-5-9-15-33-24-20-28(35-17-11-7-3)25-22-26(32)31(37-29(25)21-24)23-13-14-27(34-16-10-6-2)30(19-23)36-18-12-8-4/h13-14,19-21,26,31-32H,5-12,15-18,22H2,1-4H3/t26-,31+/m1/s1. The van der Waals surface area contributed by atoms with E-state index in [1.54, 1.807) is 0 Å². The van der Waals surface area contributed by atoms with Crippen molar-refractivity contribution in [2.75, 3.05) is 26.4 Å². The van der Waals surface area contributed by atoms with Gasteiger partial charge in [0.2, 0.25) is 0 Å². The summed E-state index contributed by atoms with van der Waals surface area (Å²) in [6, 6.07) is 9.71. The zero-order valence-electron chi connectivity index (χ0n) is 23.2. The highest BCUT2D eigenvalue weighted by atomic mass is 16.5. The van der Waals surface area contributed by atoms with Gasteiger partial charge in [-0.25, -0.2) is 0 Å². The van der Waals surface area contributed by atoms with E-state index in [2.05, 4.69) is 27.7 Å². The maximum atomic E-state index is 11.2. The quantitative estimate of drug-likeness (QED) is 0.221. The molecule has 206 valence electrons. The molecule has 0 spiro atoms. The van der Waals surface area contributed by atoms with E-state index in [0.29, 0.717) is 44.3 Å². The van der Waals surface area contributed by atoms with Crippen LogP contribution < -0.4 is 23.7 Å². The van der Waals surface area contributed by atoms with Crippen LogP contribution in [-0.4, -0.2) is 37.6 Å². The van der Waals surface area contributed by atoms with E-state index in [-0.39, 0.29) is 0 Å². The highest BCUT2D eigenvalue weighted by Crippen LogP contribution is 2.44. The second kappa shape index (κ2) is 15.6. The molecule has 1 aliphatic rings. The van der Waals surface area contributed by atoms with Crippen molar-refractivity contribution in [3.05, 3.63) is 41.5 Å². The summed E-state index contributed by atoms with van der Waals surface area (Å²) >= 11 is 0. The van der Waals surface area contributed by atoms with Gasteiger partial charge in [0.1, 0.15) is 23.4 Å². The Morgan fingerprint density at radius 1 is 0.703 bits per heavy atom. The monoisotopic (exact) mass is 514 g/mol. The lowest BCUT2D eigenvalue weighted by Gasteiger charge is -2.32. The molecule has 6 nitrogen and oxygen atoms in total. The summed E-state index contributed by atoms with van der Waals surface area (Å²) in [4.78, 5) is 0. The molecule has 0 aliphatic carbocycles. The van der Waals surface area contributed by atoms with Crippen molar-refractivity contribution >= 4 is 0 Å². The highest BCUT2D eigenvalue weighted by Gasteiger charge is 2.33. The van der Waals surface area contributed by atoms with Gasteiger partial charge < -0.3 is 28.8 Å². The minimum absolute atomic E-state index is 0.442. The highest BCUT2D eigenvalue weighted by molar-refractivity contribution is 5.53. The van der Waals surface area contributed by atoms with E-state index in [4.69, 9.17) is 23.7 Å². The van der Waals surface area contributed by atoms with E-state index in [9.17, 15) is 5.11 Å². The predicted molar refractivity (Wildman–Crippen MR) is 148 cm³/mol. The van der Waals surface area contributed by atoms with Crippen LogP contribution in [0.3, 0.4) is 0 Å². The second-order valence-electron chi connectivity index (χ2n) is 9.72. The Morgan fingerprint density at radius 3 is 1.89 bits per heavy atom. The molecule has 0 bridgehead atoms. The van der Waals surface area contributed by atoms with Crippen LogP contribution in [0.25, 0.3) is 0 Å². The van der Waals surface area contributed by atoms with Crippen molar-refractivity contribution in [1.82, 2.24) is 0 Å². The van der Waals surface area contributed by atoms with E-state index in [1.807, 2.05) is 30.3 Å². The summed E-state index contributed by atoms with van der Waals surface area (Å²) in [5.41, 5.74) is 1.75. The van der Waals surface area contributed by atoms with E-state index < -0.39 is 12.2 Å². The zero-order valence-corrected chi connectivity index (χ0v) is 23.2. The fourth-order valence-electron chi connectivity index (χ4n) is 4.18. The van der Waals surface area contributed by atoms with Gasteiger partial charge in [0.25, 0.3) is 0 Å². The van der Waals surface area contributed by atoms with Crippen LogP contribution in [0.4, 0.5) is 0 Å². The number of unbranched alkanes of at least 4 members (excludes halogenated alkanes) is 4. The van der Waals surface area contributed by atoms with Crippen molar-refractivity contribution in [2.45, 2.75) is 97.7 Å². The minimum atomic E-state index is -0.719. The van der Waals surface area contributed by atoms with Crippen LogP contribution in [0.1, 0.15) is 96.3 Å². The van der Waals surface area contributed by atoms with Crippen LogP contribution in [-0.2, 0) is 6.42 Å². The number of benzene rings is 2. The molecule has 1 aliphatic heterocycles. The first-order valence-electron chi connectivity index (χ1n) is 14.3. The molecule has 0 saturated heterocycles. The lowest BCUT2D eigenvalue weighted by molar-refractivity contribution is 0.0193. The molecular formula is C31H46O6. The molecule has 1 heterocycles. The molecule has 0 fully saturated rings. The summed E-state index contributed by atoms with van der Waals surface area (Å²) in [6.45, 7) is 11.1. The normalized spacial score (nSPS) is 16.6. The van der Waals surface area contributed by atoms with Gasteiger partial charge in [-0.05, 0) is 43.4 Å². The molecule has 37 heavy (non-hydrogen) atoms. The molecule has 6 heteroatoms. The molecule has 2 atom stereocenters. The van der Waals surface area contributed by atoms with E-state index in [1.165, 1.54) is 0 Å². The molecule has 0 radical (unpaired) electrons. The van der Waals surface area contributed by atoms with Crippen molar-refractivity contribution < 1.29 is 28.8 Å². The fourth-order valence-corrected chi connectivity index (χ4v) is 4.18. The van der Waals surface area contributed by atoms with Crippen LogP contribution in [0, 0.1) is 0 Å². The average molecular weight is 515 g/mol. The Hall–Kier alpha value is -2.60. The maximum absolute atomic E-state index is 11.2. The van der Waals surface area contributed by atoms with Gasteiger partial charge in [0.15, 0.2) is 11.5 Å². The third kappa shape index (κ3) is 8.46. The number of ether oxygens (including phenoxy) is 5. The van der Waals surface area contributed by atoms with E-state index >= 15 is 0 Å². The number of hydrogen-bond acceptors (Lipinski definition) is 6. The van der Waals surface area contributed by atoms with Gasteiger partial charge >= 0.3 is 0 Å². The van der Waals surface area contributed by atoms with Crippen LogP contribution in [0.15, 0.2) is 30.3 Å². The third-order valence-corrected chi connectivity index (χ3v) is 6.49. The van der Waals surface area contributed by atoms with Crippen LogP contribution >= 0.6 is 0 Å². The number of hydrogen-bond donors (Lipinski definition) is 1. The number of fused-ring (bicyclic) bond motifs is 1.